The number of nitrogens with one attached hydrogen (secondary N) is 1. The molecular formula is C11H22N2O3S. The highest BCUT2D eigenvalue weighted by atomic mass is 32.2. The Morgan fingerprint density at radius 3 is 2.59 bits per heavy atom. The first-order chi connectivity index (χ1) is 7.98. The van der Waals surface area contributed by atoms with Crippen molar-refractivity contribution in [3.05, 3.63) is 0 Å². The minimum atomic E-state index is -3.24. The topological polar surface area (TPSA) is 89.3 Å². The molecule has 5 nitrogen and oxygen atoms in total. The van der Waals surface area contributed by atoms with Gasteiger partial charge in [0.25, 0.3) is 0 Å². The van der Waals surface area contributed by atoms with Gasteiger partial charge >= 0.3 is 0 Å². The van der Waals surface area contributed by atoms with Crippen LogP contribution in [0.4, 0.5) is 0 Å². The molecule has 0 radical (unpaired) electrons. The molecule has 100 valence electrons. The van der Waals surface area contributed by atoms with Gasteiger partial charge < -0.3 is 11.1 Å². The highest BCUT2D eigenvalue weighted by Gasteiger charge is 2.26. The zero-order chi connectivity index (χ0) is 12.9. The molecule has 1 aliphatic carbocycles. The van der Waals surface area contributed by atoms with Crippen molar-refractivity contribution < 1.29 is 13.2 Å². The molecule has 0 aliphatic heterocycles. The molecule has 0 heterocycles. The number of rotatable bonds is 5. The number of sulfone groups is 1. The zero-order valence-corrected chi connectivity index (χ0v) is 11.1. The molecule has 6 heteroatoms. The molecule has 1 saturated carbocycles. The Labute approximate surface area is 103 Å². The first-order valence-corrected chi connectivity index (χ1v) is 8.00. The van der Waals surface area contributed by atoms with Gasteiger partial charge in [0.15, 0.2) is 9.84 Å². The average molecular weight is 262 g/mol. The molecule has 1 aliphatic rings. The second kappa shape index (κ2) is 6.35. The number of nitrogens with two attached hydrogens (primary N) is 1. The Morgan fingerprint density at radius 1 is 1.35 bits per heavy atom. The van der Waals surface area contributed by atoms with Gasteiger partial charge in [-0.25, -0.2) is 8.42 Å². The molecule has 1 amide bonds. The van der Waals surface area contributed by atoms with Crippen LogP contribution in [0.25, 0.3) is 0 Å². The standard InChI is InChI=1S/C11H22N2O3S/c1-2-17(15,16)8-11(14)13-10-6-4-3-5-9(10)7-12/h9-10H,2-8,12H2,1H3,(H,13,14). The highest BCUT2D eigenvalue weighted by molar-refractivity contribution is 7.92. The van der Waals surface area contributed by atoms with Crippen molar-refractivity contribution >= 4 is 15.7 Å². The number of amides is 1. The SMILES string of the molecule is CCS(=O)(=O)CC(=O)NC1CCCCC1CN. The van der Waals surface area contributed by atoms with Crippen LogP contribution in [0.15, 0.2) is 0 Å². The Morgan fingerprint density at radius 2 is 2.00 bits per heavy atom. The van der Waals surface area contributed by atoms with E-state index < -0.39 is 21.5 Å². The average Bonchev–Trinajstić information content (AvgIpc) is 2.29. The Bertz CT molecular complexity index is 354. The smallest absolute Gasteiger partial charge is 0.235 e. The molecule has 0 aromatic rings. The van der Waals surface area contributed by atoms with Gasteiger partial charge in [0, 0.05) is 11.8 Å². The Kier molecular flexibility index (Phi) is 5.39. The number of carbonyl (C=O) groups excluding carboxylic acids is 1. The highest BCUT2D eigenvalue weighted by Crippen LogP contribution is 2.23. The van der Waals surface area contributed by atoms with Crippen molar-refractivity contribution in [3.63, 3.8) is 0 Å². The molecule has 3 N–H and O–H groups in total. The van der Waals surface area contributed by atoms with Crippen LogP contribution in [0.2, 0.25) is 0 Å². The van der Waals surface area contributed by atoms with E-state index in [1.807, 2.05) is 0 Å². The number of hydrogen-bond acceptors (Lipinski definition) is 4. The summed E-state index contributed by atoms with van der Waals surface area (Å²) in [7, 11) is -3.24. The van der Waals surface area contributed by atoms with Crippen molar-refractivity contribution in [3.8, 4) is 0 Å². The lowest BCUT2D eigenvalue weighted by Crippen LogP contribution is -2.46. The van der Waals surface area contributed by atoms with Crippen molar-refractivity contribution in [1.29, 1.82) is 0 Å². The molecule has 0 aromatic heterocycles. The fraction of sp³-hybridized carbons (Fsp3) is 0.909. The van der Waals surface area contributed by atoms with Crippen LogP contribution in [0.5, 0.6) is 0 Å². The minimum absolute atomic E-state index is 0.00536. The van der Waals surface area contributed by atoms with E-state index in [4.69, 9.17) is 5.73 Å². The molecule has 1 fully saturated rings. The molecule has 0 bridgehead atoms. The van der Waals surface area contributed by atoms with Gasteiger partial charge in [-0.15, -0.1) is 0 Å². The third-order valence-corrected chi connectivity index (χ3v) is 4.93. The first-order valence-electron chi connectivity index (χ1n) is 6.18. The summed E-state index contributed by atoms with van der Waals surface area (Å²) in [5.74, 6) is -0.503. The molecule has 0 saturated heterocycles. The lowest BCUT2D eigenvalue weighted by molar-refractivity contribution is -0.119. The van der Waals surface area contributed by atoms with Crippen LogP contribution >= 0.6 is 0 Å². The summed E-state index contributed by atoms with van der Waals surface area (Å²) >= 11 is 0. The second-order valence-corrected chi connectivity index (χ2v) is 6.98. The van der Waals surface area contributed by atoms with Crippen LogP contribution in [-0.4, -0.2) is 38.4 Å². The van der Waals surface area contributed by atoms with Gasteiger partial charge in [-0.1, -0.05) is 19.8 Å². The minimum Gasteiger partial charge on any atom is -0.352 e. The number of carbonyl (C=O) groups is 1. The van der Waals surface area contributed by atoms with E-state index >= 15 is 0 Å². The van der Waals surface area contributed by atoms with E-state index in [0.29, 0.717) is 6.54 Å². The van der Waals surface area contributed by atoms with Crippen LogP contribution in [0.1, 0.15) is 32.6 Å². The van der Waals surface area contributed by atoms with Crippen molar-refractivity contribution in [2.75, 3.05) is 18.1 Å². The van der Waals surface area contributed by atoms with Gasteiger partial charge in [-0.05, 0) is 25.3 Å². The van der Waals surface area contributed by atoms with Crippen molar-refractivity contribution in [2.24, 2.45) is 11.7 Å². The fourth-order valence-electron chi connectivity index (χ4n) is 2.23. The first kappa shape index (κ1) is 14.4. The maximum absolute atomic E-state index is 11.6. The zero-order valence-electron chi connectivity index (χ0n) is 10.3. The maximum Gasteiger partial charge on any atom is 0.235 e. The quantitative estimate of drug-likeness (QED) is 0.733. The van der Waals surface area contributed by atoms with Crippen LogP contribution in [0, 0.1) is 5.92 Å². The van der Waals surface area contributed by atoms with Gasteiger partial charge in [0.2, 0.25) is 5.91 Å². The molecule has 2 unspecified atom stereocenters. The third-order valence-electron chi connectivity index (χ3n) is 3.35. The summed E-state index contributed by atoms with van der Waals surface area (Å²) < 4.78 is 22.6. The van der Waals surface area contributed by atoms with Crippen molar-refractivity contribution in [2.45, 2.75) is 38.6 Å². The van der Waals surface area contributed by atoms with E-state index in [9.17, 15) is 13.2 Å². The van der Waals surface area contributed by atoms with Gasteiger partial charge in [-0.3, -0.25) is 4.79 Å². The summed E-state index contributed by atoms with van der Waals surface area (Å²) in [5, 5.41) is 2.81. The lowest BCUT2D eigenvalue weighted by atomic mass is 9.84. The summed E-state index contributed by atoms with van der Waals surface area (Å²) in [5.41, 5.74) is 5.65. The summed E-state index contributed by atoms with van der Waals surface area (Å²) in [6.45, 7) is 2.09. The lowest BCUT2D eigenvalue weighted by Gasteiger charge is -2.31. The molecule has 2 atom stereocenters. The monoisotopic (exact) mass is 262 g/mol. The summed E-state index contributed by atoms with van der Waals surface area (Å²) in [6.07, 6.45) is 4.13. The van der Waals surface area contributed by atoms with Crippen molar-refractivity contribution in [1.82, 2.24) is 5.32 Å². The van der Waals surface area contributed by atoms with E-state index in [1.54, 1.807) is 6.92 Å². The van der Waals surface area contributed by atoms with E-state index in [1.165, 1.54) is 0 Å². The van der Waals surface area contributed by atoms with E-state index in [0.717, 1.165) is 25.7 Å². The molecule has 17 heavy (non-hydrogen) atoms. The molecular weight excluding hydrogens is 240 g/mol. The third kappa shape index (κ3) is 4.63. The van der Waals surface area contributed by atoms with Gasteiger partial charge in [0.1, 0.15) is 5.75 Å². The largest absolute Gasteiger partial charge is 0.352 e. The summed E-state index contributed by atoms with van der Waals surface area (Å²) in [4.78, 5) is 11.6. The molecule has 0 aromatic carbocycles. The predicted molar refractivity (Wildman–Crippen MR) is 67.3 cm³/mol. The second-order valence-electron chi connectivity index (χ2n) is 4.63. The number of hydrogen-bond donors (Lipinski definition) is 2. The fourth-order valence-corrected chi connectivity index (χ4v) is 2.92. The van der Waals surface area contributed by atoms with E-state index in [-0.39, 0.29) is 17.7 Å². The summed E-state index contributed by atoms with van der Waals surface area (Å²) in [6, 6.07) is 0.0494. The van der Waals surface area contributed by atoms with Gasteiger partial charge in [-0.2, -0.15) is 0 Å². The maximum atomic E-state index is 11.6. The van der Waals surface area contributed by atoms with Gasteiger partial charge in [0.05, 0.1) is 0 Å². The Hall–Kier alpha value is -0.620. The predicted octanol–water partition coefficient (Wildman–Crippen LogP) is 0.0548. The van der Waals surface area contributed by atoms with E-state index in [2.05, 4.69) is 5.32 Å². The van der Waals surface area contributed by atoms with Crippen LogP contribution in [-0.2, 0) is 14.6 Å². The normalized spacial score (nSPS) is 25.5. The molecule has 1 rings (SSSR count). The molecule has 0 spiro atoms. The van der Waals surface area contributed by atoms with Crippen LogP contribution in [0.3, 0.4) is 0 Å². The van der Waals surface area contributed by atoms with Crippen LogP contribution < -0.4 is 11.1 Å². The Balaban J connectivity index is 2.49.